The van der Waals surface area contributed by atoms with Gasteiger partial charge in [0.05, 0.1) is 14.4 Å². The summed E-state index contributed by atoms with van der Waals surface area (Å²) in [6.07, 6.45) is 2.72. The van der Waals surface area contributed by atoms with Gasteiger partial charge in [0.1, 0.15) is 4.21 Å². The van der Waals surface area contributed by atoms with Crippen molar-refractivity contribution in [1.82, 2.24) is 4.31 Å². The van der Waals surface area contributed by atoms with E-state index in [1.54, 1.807) is 25.1 Å². The molecule has 0 bridgehead atoms. The number of thiophene rings is 1. The van der Waals surface area contributed by atoms with Crippen molar-refractivity contribution in [2.24, 2.45) is 0 Å². The summed E-state index contributed by atoms with van der Waals surface area (Å²) in [6.45, 7) is 2.72. The normalized spacial score (nSPS) is 16.5. The van der Waals surface area contributed by atoms with Crippen molar-refractivity contribution < 1.29 is 16.8 Å². The number of piperidine rings is 1. The molecule has 0 radical (unpaired) electrons. The highest BCUT2D eigenvalue weighted by Crippen LogP contribution is 2.30. The molecule has 1 aromatic heterocycles. The predicted molar refractivity (Wildman–Crippen MR) is 107 cm³/mol. The van der Waals surface area contributed by atoms with Crippen LogP contribution in [0.2, 0.25) is 0 Å². The van der Waals surface area contributed by atoms with Crippen LogP contribution in [-0.2, 0) is 20.0 Å². The highest BCUT2D eigenvalue weighted by molar-refractivity contribution is 9.11. The quantitative estimate of drug-likeness (QED) is 0.708. The Morgan fingerprint density at radius 2 is 1.73 bits per heavy atom. The first-order valence-corrected chi connectivity index (χ1v) is 12.6. The highest BCUT2D eigenvalue weighted by Gasteiger charge is 2.28. The highest BCUT2D eigenvalue weighted by atomic mass is 79.9. The number of rotatable bonds is 5. The van der Waals surface area contributed by atoms with E-state index in [4.69, 9.17) is 0 Å². The fourth-order valence-electron chi connectivity index (χ4n) is 2.83. The second-order valence-corrected chi connectivity index (χ2v) is 12.4. The van der Waals surface area contributed by atoms with Crippen LogP contribution >= 0.6 is 27.3 Å². The molecule has 0 atom stereocenters. The number of hydrogen-bond acceptors (Lipinski definition) is 5. The van der Waals surface area contributed by atoms with Crippen LogP contribution in [0.4, 0.5) is 5.69 Å². The number of sulfonamides is 2. The lowest BCUT2D eigenvalue weighted by atomic mass is 10.2. The summed E-state index contributed by atoms with van der Waals surface area (Å²) in [6, 6.07) is 7.75. The third kappa shape index (κ3) is 4.14. The molecule has 0 unspecified atom stereocenters. The van der Waals surface area contributed by atoms with Crippen LogP contribution in [0, 0.1) is 6.92 Å². The molecule has 1 fully saturated rings. The molecule has 1 aliphatic rings. The zero-order valence-corrected chi connectivity index (χ0v) is 18.1. The maximum Gasteiger partial charge on any atom is 0.271 e. The molecule has 0 spiro atoms. The number of aryl methyl sites for hydroxylation is 1. The summed E-state index contributed by atoms with van der Waals surface area (Å²) in [5, 5.41) is 0. The summed E-state index contributed by atoms with van der Waals surface area (Å²) >= 11 is 4.33. The van der Waals surface area contributed by atoms with E-state index in [9.17, 15) is 16.8 Å². The van der Waals surface area contributed by atoms with Crippen molar-refractivity contribution in [1.29, 1.82) is 0 Å². The Morgan fingerprint density at radius 1 is 1.04 bits per heavy atom. The van der Waals surface area contributed by atoms with Gasteiger partial charge in [-0.2, -0.15) is 4.31 Å². The predicted octanol–water partition coefficient (Wildman–Crippen LogP) is 3.79. The zero-order chi connectivity index (χ0) is 18.9. The van der Waals surface area contributed by atoms with Crippen LogP contribution in [0.5, 0.6) is 0 Å². The molecule has 26 heavy (non-hydrogen) atoms. The van der Waals surface area contributed by atoms with Crippen LogP contribution in [0.3, 0.4) is 0 Å². The maximum absolute atomic E-state index is 12.9. The molecule has 0 amide bonds. The second-order valence-electron chi connectivity index (χ2n) is 6.11. The van der Waals surface area contributed by atoms with Gasteiger partial charge in [-0.15, -0.1) is 11.3 Å². The Balaban J connectivity index is 1.93. The fraction of sp³-hybridized carbons (Fsp3) is 0.375. The first-order chi connectivity index (χ1) is 12.2. The number of halogens is 1. The van der Waals surface area contributed by atoms with E-state index in [2.05, 4.69) is 20.7 Å². The summed E-state index contributed by atoms with van der Waals surface area (Å²) in [5.74, 6) is 0. The molecule has 0 aliphatic carbocycles. The van der Waals surface area contributed by atoms with E-state index < -0.39 is 20.0 Å². The number of benzene rings is 1. The van der Waals surface area contributed by atoms with Gasteiger partial charge < -0.3 is 0 Å². The standard InChI is InChI=1S/C16H19BrN2O4S3/c1-12-5-6-13(18-25(20,21)16-8-7-15(17)24-16)11-14(12)26(22,23)19-9-3-2-4-10-19/h5-8,11,18H,2-4,9-10H2,1H3. The Labute approximate surface area is 166 Å². The summed E-state index contributed by atoms with van der Waals surface area (Å²) in [5.41, 5.74) is 0.827. The molecular formula is C16H19BrN2O4S3. The van der Waals surface area contributed by atoms with Gasteiger partial charge in [0, 0.05) is 13.1 Å². The minimum Gasteiger partial charge on any atom is -0.279 e. The first-order valence-electron chi connectivity index (χ1n) is 8.09. The smallest absolute Gasteiger partial charge is 0.271 e. The lowest BCUT2D eigenvalue weighted by Crippen LogP contribution is -2.36. The van der Waals surface area contributed by atoms with Crippen LogP contribution in [0.1, 0.15) is 24.8 Å². The van der Waals surface area contributed by atoms with Gasteiger partial charge in [-0.05, 0) is 65.5 Å². The van der Waals surface area contributed by atoms with Gasteiger partial charge >= 0.3 is 0 Å². The lowest BCUT2D eigenvalue weighted by molar-refractivity contribution is 0.346. The Kier molecular flexibility index (Phi) is 5.78. The SMILES string of the molecule is Cc1ccc(NS(=O)(=O)c2ccc(Br)s2)cc1S(=O)(=O)N1CCCCC1. The van der Waals surface area contributed by atoms with Crippen LogP contribution in [-0.4, -0.2) is 34.2 Å². The molecular weight excluding hydrogens is 460 g/mol. The molecule has 1 saturated heterocycles. The maximum atomic E-state index is 12.9. The van der Waals surface area contributed by atoms with Crippen LogP contribution in [0.15, 0.2) is 43.2 Å². The molecule has 1 aromatic carbocycles. The molecule has 1 N–H and O–H groups in total. The van der Waals surface area contributed by atoms with Gasteiger partial charge in [0.2, 0.25) is 10.0 Å². The van der Waals surface area contributed by atoms with Crippen molar-refractivity contribution >= 4 is 53.0 Å². The minimum atomic E-state index is -3.76. The van der Waals surface area contributed by atoms with Gasteiger partial charge in [0.15, 0.2) is 0 Å². The summed E-state index contributed by atoms with van der Waals surface area (Å²) < 4.78 is 55.7. The molecule has 3 rings (SSSR count). The first kappa shape index (κ1) is 19.8. The van der Waals surface area contributed by atoms with Gasteiger partial charge in [0.25, 0.3) is 10.0 Å². The van der Waals surface area contributed by atoms with Gasteiger partial charge in [-0.25, -0.2) is 16.8 Å². The van der Waals surface area contributed by atoms with Gasteiger partial charge in [-0.1, -0.05) is 12.5 Å². The Morgan fingerprint density at radius 3 is 2.35 bits per heavy atom. The average molecular weight is 479 g/mol. The topological polar surface area (TPSA) is 83.5 Å². The van der Waals surface area contributed by atoms with E-state index in [1.165, 1.54) is 16.4 Å². The number of nitrogens with zero attached hydrogens (tertiary/aromatic N) is 1. The van der Waals surface area contributed by atoms with Crippen molar-refractivity contribution in [3.8, 4) is 0 Å². The van der Waals surface area contributed by atoms with E-state index in [1.807, 2.05) is 0 Å². The van der Waals surface area contributed by atoms with E-state index in [0.717, 1.165) is 30.6 Å². The largest absolute Gasteiger partial charge is 0.279 e. The Bertz CT molecular complexity index is 1010. The van der Waals surface area contributed by atoms with Crippen molar-refractivity contribution in [3.05, 3.63) is 39.7 Å². The molecule has 2 heterocycles. The third-order valence-corrected chi connectivity index (χ3v) is 9.72. The van der Waals surface area contributed by atoms with Crippen molar-refractivity contribution in [3.63, 3.8) is 0 Å². The van der Waals surface area contributed by atoms with Crippen LogP contribution < -0.4 is 4.72 Å². The molecule has 2 aromatic rings. The molecule has 0 saturated carbocycles. The molecule has 142 valence electrons. The number of nitrogens with one attached hydrogen (secondary N) is 1. The van der Waals surface area contributed by atoms with E-state index in [-0.39, 0.29) is 14.8 Å². The monoisotopic (exact) mass is 478 g/mol. The molecule has 6 nitrogen and oxygen atoms in total. The number of hydrogen-bond donors (Lipinski definition) is 1. The third-order valence-electron chi connectivity index (χ3n) is 4.19. The minimum absolute atomic E-state index is 0.145. The fourth-order valence-corrected chi connectivity index (χ4v) is 7.66. The van der Waals surface area contributed by atoms with E-state index in [0.29, 0.717) is 22.4 Å². The van der Waals surface area contributed by atoms with E-state index >= 15 is 0 Å². The zero-order valence-electron chi connectivity index (χ0n) is 14.1. The molecule has 10 heteroatoms. The number of anilines is 1. The summed E-state index contributed by atoms with van der Waals surface area (Å²) in [7, 11) is -7.40. The molecule has 1 aliphatic heterocycles. The average Bonchev–Trinajstić information content (AvgIpc) is 3.04. The van der Waals surface area contributed by atoms with Crippen molar-refractivity contribution in [2.75, 3.05) is 17.8 Å². The van der Waals surface area contributed by atoms with Crippen LogP contribution in [0.25, 0.3) is 0 Å². The Hall–Kier alpha value is -0.940. The van der Waals surface area contributed by atoms with Crippen molar-refractivity contribution in [2.45, 2.75) is 35.3 Å². The second kappa shape index (κ2) is 7.59. The summed E-state index contributed by atoms with van der Waals surface area (Å²) in [4.78, 5) is 0.145. The lowest BCUT2D eigenvalue weighted by Gasteiger charge is -2.26. The van der Waals surface area contributed by atoms with Gasteiger partial charge in [-0.3, -0.25) is 4.72 Å².